The van der Waals surface area contributed by atoms with Crippen LogP contribution in [0.15, 0.2) is 6.20 Å². The van der Waals surface area contributed by atoms with E-state index in [-0.39, 0.29) is 0 Å². The van der Waals surface area contributed by atoms with E-state index in [0.717, 1.165) is 18.6 Å². The molecule has 2 unspecified atom stereocenters. The number of fused-ring (bicyclic) bond motifs is 2. The molecule has 0 saturated carbocycles. The van der Waals surface area contributed by atoms with Gasteiger partial charge in [0.25, 0.3) is 0 Å². The first-order valence-corrected chi connectivity index (χ1v) is 8.15. The predicted octanol–water partition coefficient (Wildman–Crippen LogP) is 2.17. The van der Waals surface area contributed by atoms with Crippen molar-refractivity contribution < 1.29 is 0 Å². The zero-order valence-corrected chi connectivity index (χ0v) is 12.7. The van der Waals surface area contributed by atoms with E-state index in [0.29, 0.717) is 11.2 Å². The highest BCUT2D eigenvalue weighted by atomic mass is 32.1. The summed E-state index contributed by atoms with van der Waals surface area (Å²) >= 11 is 1.63. The van der Waals surface area contributed by atoms with Crippen molar-refractivity contribution in [1.29, 1.82) is 0 Å². The number of nitrogen functional groups attached to an aromatic ring is 1. The fraction of sp³-hybridized carbons (Fsp3) is 0.786. The van der Waals surface area contributed by atoms with Crippen LogP contribution in [0.3, 0.4) is 0 Å². The van der Waals surface area contributed by atoms with Crippen LogP contribution in [-0.2, 0) is 6.54 Å². The number of rotatable bonds is 3. The number of thiazole rings is 1. The van der Waals surface area contributed by atoms with E-state index >= 15 is 0 Å². The molecule has 2 N–H and O–H groups in total. The van der Waals surface area contributed by atoms with E-state index < -0.39 is 0 Å². The highest BCUT2D eigenvalue weighted by molar-refractivity contribution is 7.15. The van der Waals surface area contributed by atoms with Gasteiger partial charge >= 0.3 is 0 Å². The summed E-state index contributed by atoms with van der Waals surface area (Å²) in [5.74, 6) is 0. The van der Waals surface area contributed by atoms with Crippen LogP contribution in [0.5, 0.6) is 0 Å². The third-order valence-corrected chi connectivity index (χ3v) is 5.28. The van der Waals surface area contributed by atoms with E-state index in [1.165, 1.54) is 37.2 Å². The van der Waals surface area contributed by atoms with Crippen LogP contribution in [0.4, 0.5) is 5.13 Å². The third-order valence-electron chi connectivity index (χ3n) is 4.47. The topological polar surface area (TPSA) is 45.4 Å². The van der Waals surface area contributed by atoms with E-state index in [2.05, 4.69) is 28.6 Å². The number of hydrogen-bond acceptors (Lipinski definition) is 5. The van der Waals surface area contributed by atoms with Gasteiger partial charge in [0.15, 0.2) is 5.13 Å². The van der Waals surface area contributed by atoms with Gasteiger partial charge < -0.3 is 5.73 Å². The molecular formula is C14H24N4S. The van der Waals surface area contributed by atoms with Gasteiger partial charge in [0, 0.05) is 48.8 Å². The molecule has 2 atom stereocenters. The van der Waals surface area contributed by atoms with Crippen molar-refractivity contribution in [3.05, 3.63) is 11.1 Å². The molecule has 1 aromatic rings. The molecule has 2 aliphatic heterocycles. The summed E-state index contributed by atoms with van der Waals surface area (Å²) in [6.07, 6.45) is 6.00. The van der Waals surface area contributed by atoms with Gasteiger partial charge in [0.05, 0.1) is 0 Å². The second kappa shape index (κ2) is 5.38. The number of nitrogens with zero attached hydrogens (tertiary/aromatic N) is 3. The standard InChI is InChI=1S/C14H24N4S/c1-10(2)18-11-3-4-12(18)8-17(6-5-11)9-13-7-16-14(15)19-13/h7,10-12H,3-6,8-9H2,1-2H3,(H2,15,16). The lowest BCUT2D eigenvalue weighted by atomic mass is 10.1. The molecule has 3 heterocycles. The molecular weight excluding hydrogens is 256 g/mol. The lowest BCUT2D eigenvalue weighted by Gasteiger charge is -2.32. The monoisotopic (exact) mass is 280 g/mol. The smallest absolute Gasteiger partial charge is 0.180 e. The Kier molecular flexibility index (Phi) is 3.78. The van der Waals surface area contributed by atoms with E-state index in [4.69, 9.17) is 5.73 Å². The van der Waals surface area contributed by atoms with Gasteiger partial charge in [-0.2, -0.15) is 0 Å². The van der Waals surface area contributed by atoms with E-state index in [1.54, 1.807) is 11.3 Å². The Bertz CT molecular complexity index is 431. The van der Waals surface area contributed by atoms with Crippen LogP contribution in [0.2, 0.25) is 0 Å². The molecule has 106 valence electrons. The highest BCUT2D eigenvalue weighted by Crippen LogP contribution is 2.32. The minimum atomic E-state index is 0.677. The molecule has 0 aliphatic carbocycles. The first-order chi connectivity index (χ1) is 9.13. The van der Waals surface area contributed by atoms with Crippen molar-refractivity contribution in [2.75, 3.05) is 18.8 Å². The van der Waals surface area contributed by atoms with Gasteiger partial charge in [-0.1, -0.05) is 0 Å². The van der Waals surface area contributed by atoms with Crippen molar-refractivity contribution >= 4 is 16.5 Å². The average Bonchev–Trinajstić information content (AvgIpc) is 2.86. The first-order valence-electron chi connectivity index (χ1n) is 7.33. The Labute approximate surface area is 119 Å². The number of likely N-dealkylation sites (tertiary alicyclic amines) is 1. The number of aromatic nitrogens is 1. The van der Waals surface area contributed by atoms with Crippen LogP contribution in [-0.4, -0.2) is 46.0 Å². The molecule has 2 fully saturated rings. The molecule has 0 radical (unpaired) electrons. The molecule has 2 aliphatic rings. The second-order valence-corrected chi connectivity index (χ2v) is 7.26. The van der Waals surface area contributed by atoms with Crippen molar-refractivity contribution in [2.24, 2.45) is 0 Å². The number of anilines is 1. The molecule has 2 saturated heterocycles. The lowest BCUT2D eigenvalue weighted by molar-refractivity contribution is 0.145. The quantitative estimate of drug-likeness (QED) is 0.922. The van der Waals surface area contributed by atoms with Crippen molar-refractivity contribution in [2.45, 2.75) is 57.8 Å². The van der Waals surface area contributed by atoms with Crippen molar-refractivity contribution in [3.63, 3.8) is 0 Å². The molecule has 4 nitrogen and oxygen atoms in total. The van der Waals surface area contributed by atoms with Gasteiger partial charge in [-0.05, 0) is 33.1 Å². The summed E-state index contributed by atoms with van der Waals surface area (Å²) in [5, 5.41) is 0.690. The maximum absolute atomic E-state index is 5.72. The Morgan fingerprint density at radius 2 is 2.16 bits per heavy atom. The summed E-state index contributed by atoms with van der Waals surface area (Å²) in [5.41, 5.74) is 5.72. The summed E-state index contributed by atoms with van der Waals surface area (Å²) in [6.45, 7) is 8.11. The number of nitrogens with two attached hydrogens (primary N) is 1. The SMILES string of the molecule is CC(C)N1C2CCC1CN(Cc1cnc(N)s1)CC2. The minimum absolute atomic E-state index is 0.677. The Hall–Kier alpha value is -0.650. The molecule has 2 bridgehead atoms. The largest absolute Gasteiger partial charge is 0.375 e. The predicted molar refractivity (Wildman–Crippen MR) is 80.2 cm³/mol. The van der Waals surface area contributed by atoms with Gasteiger partial charge in [-0.25, -0.2) is 4.98 Å². The first kappa shape index (κ1) is 13.3. The van der Waals surface area contributed by atoms with E-state index in [9.17, 15) is 0 Å². The molecule has 0 spiro atoms. The molecule has 3 rings (SSSR count). The molecule has 5 heteroatoms. The lowest BCUT2D eigenvalue weighted by Crippen LogP contribution is -2.43. The van der Waals surface area contributed by atoms with Gasteiger partial charge in [-0.15, -0.1) is 11.3 Å². The zero-order valence-electron chi connectivity index (χ0n) is 11.9. The van der Waals surface area contributed by atoms with Crippen molar-refractivity contribution in [3.8, 4) is 0 Å². The second-order valence-electron chi connectivity index (χ2n) is 6.11. The minimum Gasteiger partial charge on any atom is -0.375 e. The van der Waals surface area contributed by atoms with Gasteiger partial charge in [0.2, 0.25) is 0 Å². The normalized spacial score (nSPS) is 29.0. The third kappa shape index (κ3) is 2.78. The Morgan fingerprint density at radius 3 is 2.84 bits per heavy atom. The summed E-state index contributed by atoms with van der Waals surface area (Å²) in [6, 6.07) is 2.23. The summed E-state index contributed by atoms with van der Waals surface area (Å²) < 4.78 is 0. The maximum Gasteiger partial charge on any atom is 0.180 e. The fourth-order valence-corrected chi connectivity index (χ4v) is 4.51. The van der Waals surface area contributed by atoms with E-state index in [1.807, 2.05) is 6.20 Å². The summed E-state index contributed by atoms with van der Waals surface area (Å²) in [7, 11) is 0. The van der Waals surface area contributed by atoms with Gasteiger partial charge in [0.1, 0.15) is 0 Å². The Morgan fingerprint density at radius 1 is 1.37 bits per heavy atom. The van der Waals surface area contributed by atoms with Gasteiger partial charge in [-0.3, -0.25) is 9.80 Å². The van der Waals surface area contributed by atoms with Crippen LogP contribution < -0.4 is 5.73 Å². The van der Waals surface area contributed by atoms with Crippen LogP contribution >= 0.6 is 11.3 Å². The van der Waals surface area contributed by atoms with Crippen LogP contribution in [0, 0.1) is 0 Å². The van der Waals surface area contributed by atoms with Crippen molar-refractivity contribution in [1.82, 2.24) is 14.8 Å². The molecule has 0 aromatic carbocycles. The fourth-order valence-electron chi connectivity index (χ4n) is 3.78. The summed E-state index contributed by atoms with van der Waals surface area (Å²) in [4.78, 5) is 10.8. The Balaban J connectivity index is 1.67. The zero-order chi connectivity index (χ0) is 13.4. The average molecular weight is 280 g/mol. The number of hydrogen-bond donors (Lipinski definition) is 1. The highest BCUT2D eigenvalue weighted by Gasteiger charge is 2.38. The maximum atomic E-state index is 5.72. The molecule has 0 amide bonds. The van der Waals surface area contributed by atoms with Crippen LogP contribution in [0.25, 0.3) is 0 Å². The molecule has 1 aromatic heterocycles. The molecule has 19 heavy (non-hydrogen) atoms. The van der Waals surface area contributed by atoms with Crippen LogP contribution in [0.1, 0.15) is 38.0 Å².